The number of amides is 1. The topological polar surface area (TPSA) is 67.9 Å². The SMILES string of the molecule is COC(=O)[C@H](Cc1ccccc1)N1CCCC1NC(=O)OC(C)(C)C. The summed E-state index contributed by atoms with van der Waals surface area (Å²) >= 11 is 0. The number of nitrogens with zero attached hydrogens (tertiary/aromatic N) is 1. The zero-order chi connectivity index (χ0) is 18.4. The zero-order valence-corrected chi connectivity index (χ0v) is 15.5. The first-order valence-electron chi connectivity index (χ1n) is 8.67. The molecule has 0 spiro atoms. The Morgan fingerprint density at radius 2 is 1.96 bits per heavy atom. The van der Waals surface area contributed by atoms with Crippen molar-refractivity contribution in [3.05, 3.63) is 35.9 Å². The molecule has 0 bridgehead atoms. The number of esters is 1. The summed E-state index contributed by atoms with van der Waals surface area (Å²) in [6.07, 6.45) is 1.53. The number of ether oxygens (including phenoxy) is 2. The average Bonchev–Trinajstić information content (AvgIpc) is 2.98. The number of hydrogen-bond donors (Lipinski definition) is 1. The van der Waals surface area contributed by atoms with Gasteiger partial charge in [-0.25, -0.2) is 4.79 Å². The number of alkyl carbamates (subject to hydrolysis) is 1. The Labute approximate surface area is 149 Å². The van der Waals surface area contributed by atoms with Crippen molar-refractivity contribution in [1.29, 1.82) is 0 Å². The molecule has 1 aliphatic heterocycles. The van der Waals surface area contributed by atoms with E-state index >= 15 is 0 Å². The molecule has 6 heteroatoms. The Kier molecular flexibility index (Phi) is 6.42. The molecular weight excluding hydrogens is 320 g/mol. The van der Waals surface area contributed by atoms with Crippen LogP contribution in [0.15, 0.2) is 30.3 Å². The highest BCUT2D eigenvalue weighted by Gasteiger charge is 2.37. The van der Waals surface area contributed by atoms with Gasteiger partial charge in [-0.2, -0.15) is 0 Å². The van der Waals surface area contributed by atoms with Gasteiger partial charge in [0.2, 0.25) is 0 Å². The molecule has 6 nitrogen and oxygen atoms in total. The van der Waals surface area contributed by atoms with Crippen LogP contribution < -0.4 is 5.32 Å². The molecule has 0 saturated carbocycles. The van der Waals surface area contributed by atoms with Crippen molar-refractivity contribution in [1.82, 2.24) is 10.2 Å². The number of carbonyl (C=O) groups excluding carboxylic acids is 2. The lowest BCUT2D eigenvalue weighted by Gasteiger charge is -2.32. The van der Waals surface area contributed by atoms with Gasteiger partial charge in [-0.05, 0) is 45.6 Å². The molecule has 0 aromatic heterocycles. The third-order valence-electron chi connectivity index (χ3n) is 4.12. The van der Waals surface area contributed by atoms with Crippen molar-refractivity contribution in [3.63, 3.8) is 0 Å². The summed E-state index contributed by atoms with van der Waals surface area (Å²) < 4.78 is 10.3. The minimum Gasteiger partial charge on any atom is -0.468 e. The largest absolute Gasteiger partial charge is 0.468 e. The van der Waals surface area contributed by atoms with E-state index in [-0.39, 0.29) is 12.1 Å². The summed E-state index contributed by atoms with van der Waals surface area (Å²) in [6.45, 7) is 6.20. The van der Waals surface area contributed by atoms with Gasteiger partial charge in [-0.15, -0.1) is 0 Å². The lowest BCUT2D eigenvalue weighted by atomic mass is 10.0. The minimum atomic E-state index is -0.556. The lowest BCUT2D eigenvalue weighted by Crippen LogP contribution is -2.53. The van der Waals surface area contributed by atoms with Crippen LogP contribution in [-0.4, -0.2) is 48.4 Å². The van der Waals surface area contributed by atoms with Crippen molar-refractivity contribution >= 4 is 12.1 Å². The predicted molar refractivity (Wildman–Crippen MR) is 95.0 cm³/mol. The third kappa shape index (κ3) is 5.74. The van der Waals surface area contributed by atoms with E-state index < -0.39 is 17.7 Å². The van der Waals surface area contributed by atoms with Crippen molar-refractivity contribution in [2.24, 2.45) is 0 Å². The number of carbonyl (C=O) groups is 2. The van der Waals surface area contributed by atoms with Crippen LogP contribution in [0, 0.1) is 0 Å². The second kappa shape index (κ2) is 8.34. The molecule has 0 aliphatic carbocycles. The van der Waals surface area contributed by atoms with Crippen LogP contribution in [0.25, 0.3) is 0 Å². The first-order chi connectivity index (χ1) is 11.8. The van der Waals surface area contributed by atoms with E-state index in [0.717, 1.165) is 24.9 Å². The smallest absolute Gasteiger partial charge is 0.408 e. The van der Waals surface area contributed by atoms with Gasteiger partial charge in [0, 0.05) is 6.54 Å². The molecule has 2 atom stereocenters. The van der Waals surface area contributed by atoms with Gasteiger partial charge in [0.15, 0.2) is 0 Å². The predicted octanol–water partition coefficient (Wildman–Crippen LogP) is 2.72. The van der Waals surface area contributed by atoms with E-state index in [0.29, 0.717) is 6.42 Å². The highest BCUT2D eigenvalue weighted by Crippen LogP contribution is 2.22. The van der Waals surface area contributed by atoms with Crippen molar-refractivity contribution < 1.29 is 19.1 Å². The Hall–Kier alpha value is -2.08. The summed E-state index contributed by atoms with van der Waals surface area (Å²) in [5, 5.41) is 2.89. The number of benzene rings is 1. The Morgan fingerprint density at radius 1 is 1.28 bits per heavy atom. The maximum atomic E-state index is 12.4. The van der Waals surface area contributed by atoms with Gasteiger partial charge >= 0.3 is 12.1 Å². The fourth-order valence-electron chi connectivity index (χ4n) is 3.07. The number of likely N-dealkylation sites (tertiary alicyclic amines) is 1. The van der Waals surface area contributed by atoms with Crippen molar-refractivity contribution in [3.8, 4) is 0 Å². The van der Waals surface area contributed by atoms with Crippen LogP contribution in [0.4, 0.5) is 4.79 Å². The van der Waals surface area contributed by atoms with Crippen molar-refractivity contribution in [2.75, 3.05) is 13.7 Å². The standard InChI is InChI=1S/C19H28N2O4/c1-19(2,3)25-18(23)20-16-11-8-12-21(16)15(17(22)24-4)13-14-9-6-5-7-10-14/h5-7,9-10,15-16H,8,11-13H2,1-4H3,(H,20,23)/t15-,16?/m0/s1. The second-order valence-electron chi connectivity index (χ2n) is 7.27. The third-order valence-corrected chi connectivity index (χ3v) is 4.12. The maximum absolute atomic E-state index is 12.4. The van der Waals surface area contributed by atoms with E-state index in [1.165, 1.54) is 7.11 Å². The Bertz CT molecular complexity index is 583. The normalized spacial score (nSPS) is 19.3. The molecule has 0 radical (unpaired) electrons. The van der Waals surface area contributed by atoms with Gasteiger partial charge in [-0.3, -0.25) is 9.69 Å². The fraction of sp³-hybridized carbons (Fsp3) is 0.579. The first kappa shape index (κ1) is 19.2. The molecular formula is C19H28N2O4. The quantitative estimate of drug-likeness (QED) is 0.829. The van der Waals surface area contributed by atoms with E-state index in [1.54, 1.807) is 0 Å². The molecule has 138 valence electrons. The van der Waals surface area contributed by atoms with Crippen LogP contribution in [0.3, 0.4) is 0 Å². The van der Waals surface area contributed by atoms with E-state index in [1.807, 2.05) is 56.0 Å². The highest BCUT2D eigenvalue weighted by atomic mass is 16.6. The van der Waals surface area contributed by atoms with E-state index in [2.05, 4.69) is 5.32 Å². The maximum Gasteiger partial charge on any atom is 0.408 e. The monoisotopic (exact) mass is 348 g/mol. The Morgan fingerprint density at radius 3 is 2.56 bits per heavy atom. The molecule has 25 heavy (non-hydrogen) atoms. The van der Waals surface area contributed by atoms with Gasteiger partial charge in [-0.1, -0.05) is 30.3 Å². The number of nitrogens with one attached hydrogen (secondary N) is 1. The van der Waals surface area contributed by atoms with E-state index in [9.17, 15) is 9.59 Å². The molecule has 1 heterocycles. The molecule has 1 amide bonds. The van der Waals surface area contributed by atoms with Crippen LogP contribution in [0.5, 0.6) is 0 Å². The van der Waals surface area contributed by atoms with Gasteiger partial charge in [0.25, 0.3) is 0 Å². The first-order valence-corrected chi connectivity index (χ1v) is 8.67. The summed E-state index contributed by atoms with van der Waals surface area (Å²) in [5.74, 6) is -0.290. The molecule has 2 rings (SSSR count). The fourth-order valence-corrected chi connectivity index (χ4v) is 3.07. The number of hydrogen-bond acceptors (Lipinski definition) is 5. The van der Waals surface area contributed by atoms with Crippen LogP contribution in [0.1, 0.15) is 39.2 Å². The zero-order valence-electron chi connectivity index (χ0n) is 15.5. The molecule has 1 saturated heterocycles. The summed E-state index contributed by atoms with van der Waals surface area (Å²) in [5.41, 5.74) is 0.500. The van der Waals surface area contributed by atoms with Gasteiger partial charge < -0.3 is 14.8 Å². The van der Waals surface area contributed by atoms with Gasteiger partial charge in [0.05, 0.1) is 13.3 Å². The van der Waals surface area contributed by atoms with Gasteiger partial charge in [0.1, 0.15) is 11.6 Å². The molecule has 1 unspecified atom stereocenters. The average molecular weight is 348 g/mol. The number of methoxy groups -OCH3 is 1. The van der Waals surface area contributed by atoms with Crippen LogP contribution >= 0.6 is 0 Å². The molecule has 1 fully saturated rings. The van der Waals surface area contributed by atoms with Crippen LogP contribution in [-0.2, 0) is 20.7 Å². The second-order valence-corrected chi connectivity index (χ2v) is 7.27. The van der Waals surface area contributed by atoms with E-state index in [4.69, 9.17) is 9.47 Å². The molecule has 1 aromatic carbocycles. The summed E-state index contributed by atoms with van der Waals surface area (Å²) in [7, 11) is 1.40. The van der Waals surface area contributed by atoms with Crippen molar-refractivity contribution in [2.45, 2.75) is 57.8 Å². The lowest BCUT2D eigenvalue weighted by molar-refractivity contribution is -0.147. The van der Waals surface area contributed by atoms with Crippen LogP contribution in [0.2, 0.25) is 0 Å². The molecule has 1 aromatic rings. The molecule has 1 aliphatic rings. The summed E-state index contributed by atoms with van der Waals surface area (Å²) in [4.78, 5) is 26.5. The Balaban J connectivity index is 2.09. The molecule has 1 N–H and O–H groups in total. The minimum absolute atomic E-state index is 0.234. The number of rotatable bonds is 5. The summed E-state index contributed by atoms with van der Waals surface area (Å²) in [6, 6.07) is 9.38. The highest BCUT2D eigenvalue weighted by molar-refractivity contribution is 5.76.